The van der Waals surface area contributed by atoms with E-state index in [1.165, 1.54) is 12.1 Å². The van der Waals surface area contributed by atoms with E-state index >= 15 is 0 Å². The first-order chi connectivity index (χ1) is 12.0. The summed E-state index contributed by atoms with van der Waals surface area (Å²) in [7, 11) is 1.73. The first-order valence-electron chi connectivity index (χ1n) is 8.17. The van der Waals surface area contributed by atoms with Crippen molar-refractivity contribution in [3.63, 3.8) is 0 Å². The number of rotatable bonds is 3. The van der Waals surface area contributed by atoms with Crippen molar-refractivity contribution < 1.29 is 14.0 Å². The number of nitrogens with one attached hydrogen (secondary N) is 2. The molecule has 8 heteroatoms. The lowest BCUT2D eigenvalue weighted by Gasteiger charge is -2.22. The van der Waals surface area contributed by atoms with Crippen molar-refractivity contribution in [2.24, 2.45) is 0 Å². The number of hydrogen-bond acceptors (Lipinski definition) is 3. The van der Waals surface area contributed by atoms with Crippen molar-refractivity contribution in [2.75, 3.05) is 18.9 Å². The Kier molecular flexibility index (Phi) is 3.67. The monoisotopic (exact) mass is 343 g/mol. The molecular weight excluding hydrogens is 325 g/mol. The van der Waals surface area contributed by atoms with E-state index in [-0.39, 0.29) is 29.7 Å². The number of likely N-dealkylation sites (N-methyl/N-ethyl adjacent to an activating group) is 1. The van der Waals surface area contributed by atoms with Gasteiger partial charge in [-0.05, 0) is 24.1 Å². The summed E-state index contributed by atoms with van der Waals surface area (Å²) in [6, 6.07) is 7.61. The number of carbonyl (C=O) groups excluding carboxylic acids is 2. The van der Waals surface area contributed by atoms with Gasteiger partial charge in [-0.15, -0.1) is 0 Å². The van der Waals surface area contributed by atoms with Crippen LogP contribution in [0.15, 0.2) is 30.3 Å². The maximum absolute atomic E-state index is 13.3. The van der Waals surface area contributed by atoms with E-state index < -0.39 is 0 Å². The average molecular weight is 343 g/mol. The molecule has 1 aliphatic carbocycles. The van der Waals surface area contributed by atoms with Crippen molar-refractivity contribution in [3.8, 4) is 0 Å². The van der Waals surface area contributed by atoms with Gasteiger partial charge in [0, 0.05) is 31.6 Å². The summed E-state index contributed by atoms with van der Waals surface area (Å²) in [5.41, 5.74) is 1.35. The summed E-state index contributed by atoms with van der Waals surface area (Å²) in [6.07, 6.45) is 0.778. The molecular formula is C17H18FN5O2. The molecule has 25 heavy (non-hydrogen) atoms. The number of urea groups is 1. The molecule has 2 heterocycles. The number of nitrogens with zero attached hydrogens (tertiary/aromatic N) is 3. The fraction of sp³-hybridized carbons (Fsp3) is 0.353. The minimum Gasteiger partial charge on any atom is -0.339 e. The molecule has 1 fully saturated rings. The van der Waals surface area contributed by atoms with Crippen molar-refractivity contribution in [2.45, 2.75) is 24.9 Å². The van der Waals surface area contributed by atoms with E-state index in [2.05, 4.69) is 15.7 Å². The highest BCUT2D eigenvalue weighted by Crippen LogP contribution is 2.40. The van der Waals surface area contributed by atoms with E-state index in [0.29, 0.717) is 24.6 Å². The molecule has 2 aliphatic rings. The summed E-state index contributed by atoms with van der Waals surface area (Å²) in [5, 5.41) is 9.76. The molecule has 0 spiro atoms. The van der Waals surface area contributed by atoms with E-state index in [1.807, 2.05) is 6.07 Å². The number of benzene rings is 1. The Hall–Kier alpha value is -2.90. The molecule has 2 aromatic rings. The molecule has 1 aromatic carbocycles. The fourth-order valence-corrected chi connectivity index (χ4v) is 3.14. The third-order valence-electron chi connectivity index (χ3n) is 4.62. The molecule has 1 aliphatic heterocycles. The quantitative estimate of drug-likeness (QED) is 0.892. The molecule has 0 bridgehead atoms. The summed E-state index contributed by atoms with van der Waals surface area (Å²) in [6.45, 7) is 1.20. The molecule has 0 radical (unpaired) electrons. The zero-order valence-corrected chi connectivity index (χ0v) is 13.7. The van der Waals surface area contributed by atoms with E-state index in [1.54, 1.807) is 28.8 Å². The third kappa shape index (κ3) is 3.07. The lowest BCUT2D eigenvalue weighted by Crippen LogP contribution is -2.37. The number of halogens is 1. The maximum atomic E-state index is 13.3. The normalized spacial score (nSPS) is 21.7. The number of carbonyl (C=O) groups is 2. The number of aromatic nitrogens is 2. The highest BCUT2D eigenvalue weighted by atomic mass is 19.1. The van der Waals surface area contributed by atoms with Crippen LogP contribution in [0.1, 0.15) is 28.4 Å². The Bertz CT molecular complexity index is 849. The smallest absolute Gasteiger partial charge is 0.320 e. The molecule has 0 saturated heterocycles. The highest BCUT2D eigenvalue weighted by molar-refractivity contribution is 5.95. The summed E-state index contributed by atoms with van der Waals surface area (Å²) in [4.78, 5) is 25.8. The maximum Gasteiger partial charge on any atom is 0.320 e. The van der Waals surface area contributed by atoms with Crippen LogP contribution >= 0.6 is 0 Å². The first-order valence-corrected chi connectivity index (χ1v) is 8.17. The Morgan fingerprint density at radius 2 is 2.16 bits per heavy atom. The third-order valence-corrected chi connectivity index (χ3v) is 4.62. The van der Waals surface area contributed by atoms with Crippen LogP contribution in [0.4, 0.5) is 15.0 Å². The molecule has 2 unspecified atom stereocenters. The molecule has 1 saturated carbocycles. The van der Waals surface area contributed by atoms with Crippen LogP contribution in [0.3, 0.4) is 0 Å². The lowest BCUT2D eigenvalue weighted by molar-refractivity contribution is 0.0743. The molecule has 1 aromatic heterocycles. The minimum atomic E-state index is -0.375. The zero-order valence-electron chi connectivity index (χ0n) is 13.7. The molecule has 4 rings (SSSR count). The standard InChI is InChI=1S/C17H18FN5O2/c1-22-5-6-23-14(16(22)24)9-15(21-23)20-17(25)19-13-8-12(13)10-3-2-4-11(18)7-10/h2-4,7,9,12-13H,5-6,8H2,1H3,(H2,19,20,21,25). The Morgan fingerprint density at radius 3 is 2.96 bits per heavy atom. The molecule has 3 amide bonds. The van der Waals surface area contributed by atoms with Gasteiger partial charge in [0.05, 0.1) is 6.54 Å². The van der Waals surface area contributed by atoms with Gasteiger partial charge in [0.1, 0.15) is 11.5 Å². The Morgan fingerprint density at radius 1 is 1.32 bits per heavy atom. The van der Waals surface area contributed by atoms with Gasteiger partial charge in [0.15, 0.2) is 5.82 Å². The zero-order chi connectivity index (χ0) is 17.6. The van der Waals surface area contributed by atoms with Crippen molar-refractivity contribution >= 4 is 17.8 Å². The second-order valence-electron chi connectivity index (χ2n) is 6.47. The summed E-state index contributed by atoms with van der Waals surface area (Å²) < 4.78 is 14.9. The predicted molar refractivity (Wildman–Crippen MR) is 88.9 cm³/mol. The van der Waals surface area contributed by atoms with Crippen LogP contribution in [-0.4, -0.2) is 46.3 Å². The van der Waals surface area contributed by atoms with Gasteiger partial charge in [-0.1, -0.05) is 12.1 Å². The molecule has 2 atom stereocenters. The largest absolute Gasteiger partial charge is 0.339 e. The minimum absolute atomic E-state index is 0.0215. The average Bonchev–Trinajstić information content (AvgIpc) is 3.21. The van der Waals surface area contributed by atoms with Crippen molar-refractivity contribution in [1.82, 2.24) is 20.0 Å². The van der Waals surface area contributed by atoms with Gasteiger partial charge >= 0.3 is 6.03 Å². The van der Waals surface area contributed by atoms with Gasteiger partial charge in [-0.2, -0.15) is 5.10 Å². The summed E-state index contributed by atoms with van der Waals surface area (Å²) in [5.74, 6) is 0.0948. The first kappa shape index (κ1) is 15.6. The Labute approximate surface area is 143 Å². The van der Waals surface area contributed by atoms with E-state index in [4.69, 9.17) is 0 Å². The molecule has 130 valence electrons. The van der Waals surface area contributed by atoms with Crippen molar-refractivity contribution in [1.29, 1.82) is 0 Å². The van der Waals surface area contributed by atoms with Crippen LogP contribution in [0.2, 0.25) is 0 Å². The molecule has 7 nitrogen and oxygen atoms in total. The number of anilines is 1. The fourth-order valence-electron chi connectivity index (χ4n) is 3.14. The number of amides is 3. The summed E-state index contributed by atoms with van der Waals surface area (Å²) >= 11 is 0. The SMILES string of the molecule is CN1CCn2nc(NC(=O)NC3CC3c3cccc(F)c3)cc2C1=O. The van der Waals surface area contributed by atoms with Crippen LogP contribution in [0, 0.1) is 5.82 Å². The number of hydrogen-bond donors (Lipinski definition) is 2. The van der Waals surface area contributed by atoms with Gasteiger partial charge in [-0.3, -0.25) is 14.8 Å². The van der Waals surface area contributed by atoms with Crippen molar-refractivity contribution in [3.05, 3.63) is 47.4 Å². The highest BCUT2D eigenvalue weighted by Gasteiger charge is 2.39. The Balaban J connectivity index is 1.36. The van der Waals surface area contributed by atoms with Gasteiger partial charge in [-0.25, -0.2) is 9.18 Å². The topological polar surface area (TPSA) is 79.3 Å². The van der Waals surface area contributed by atoms with Crippen LogP contribution in [0.25, 0.3) is 0 Å². The molecule has 2 N–H and O–H groups in total. The van der Waals surface area contributed by atoms with Gasteiger partial charge in [0.25, 0.3) is 5.91 Å². The second kappa shape index (κ2) is 5.87. The van der Waals surface area contributed by atoms with E-state index in [0.717, 1.165) is 12.0 Å². The van der Waals surface area contributed by atoms with Gasteiger partial charge < -0.3 is 10.2 Å². The predicted octanol–water partition coefficient (Wildman–Crippen LogP) is 1.79. The second-order valence-corrected chi connectivity index (χ2v) is 6.47. The van der Waals surface area contributed by atoms with Crippen LogP contribution < -0.4 is 10.6 Å². The lowest BCUT2D eigenvalue weighted by atomic mass is 10.1. The van der Waals surface area contributed by atoms with Crippen LogP contribution in [0.5, 0.6) is 0 Å². The van der Waals surface area contributed by atoms with Crippen LogP contribution in [-0.2, 0) is 6.54 Å². The van der Waals surface area contributed by atoms with Gasteiger partial charge in [0.2, 0.25) is 0 Å². The van der Waals surface area contributed by atoms with E-state index in [9.17, 15) is 14.0 Å². The number of fused-ring (bicyclic) bond motifs is 1.